The standard InChI is InChI=1S/C19H18N2O6/c1-11(18(22)21-14-6-5-13(24-2)9-17(14)25-3)27-19(23)12-4-7-16-15(8-12)20-10-26-16/h4-11H,1-3H3,(H,21,22). The van der Waals surface area contributed by atoms with E-state index in [9.17, 15) is 9.59 Å². The fourth-order valence-corrected chi connectivity index (χ4v) is 2.40. The minimum Gasteiger partial charge on any atom is -0.497 e. The number of aromatic nitrogens is 1. The maximum atomic E-state index is 12.4. The van der Waals surface area contributed by atoms with Crippen LogP contribution in [-0.2, 0) is 9.53 Å². The Morgan fingerprint density at radius 1 is 1.11 bits per heavy atom. The molecule has 0 spiro atoms. The summed E-state index contributed by atoms with van der Waals surface area (Å²) in [6.45, 7) is 1.48. The van der Waals surface area contributed by atoms with Gasteiger partial charge in [0.05, 0.1) is 25.5 Å². The van der Waals surface area contributed by atoms with E-state index in [1.54, 1.807) is 30.3 Å². The second kappa shape index (κ2) is 7.77. The summed E-state index contributed by atoms with van der Waals surface area (Å²) < 4.78 is 20.7. The number of ether oxygens (including phenoxy) is 3. The maximum absolute atomic E-state index is 12.4. The van der Waals surface area contributed by atoms with E-state index >= 15 is 0 Å². The van der Waals surface area contributed by atoms with Gasteiger partial charge in [0.1, 0.15) is 17.0 Å². The third-order valence-corrected chi connectivity index (χ3v) is 3.89. The normalized spacial score (nSPS) is 11.7. The van der Waals surface area contributed by atoms with E-state index in [0.29, 0.717) is 28.3 Å². The lowest BCUT2D eigenvalue weighted by molar-refractivity contribution is -0.123. The first-order valence-electron chi connectivity index (χ1n) is 8.09. The van der Waals surface area contributed by atoms with Crippen molar-refractivity contribution in [2.24, 2.45) is 0 Å². The van der Waals surface area contributed by atoms with Crippen LogP contribution in [0.1, 0.15) is 17.3 Å². The molecule has 1 aromatic heterocycles. The summed E-state index contributed by atoms with van der Waals surface area (Å²) in [4.78, 5) is 28.6. The van der Waals surface area contributed by atoms with E-state index in [1.807, 2.05) is 0 Å². The van der Waals surface area contributed by atoms with Crippen LogP contribution in [-0.4, -0.2) is 37.2 Å². The zero-order valence-corrected chi connectivity index (χ0v) is 15.0. The van der Waals surface area contributed by atoms with Crippen LogP contribution in [0, 0.1) is 0 Å². The van der Waals surface area contributed by atoms with Gasteiger partial charge in [0.15, 0.2) is 18.1 Å². The smallest absolute Gasteiger partial charge is 0.338 e. The number of carbonyl (C=O) groups is 2. The van der Waals surface area contributed by atoms with Crippen LogP contribution in [0.3, 0.4) is 0 Å². The minimum absolute atomic E-state index is 0.276. The average Bonchev–Trinajstić information content (AvgIpc) is 3.15. The number of methoxy groups -OCH3 is 2. The molecule has 0 aliphatic rings. The second-order valence-corrected chi connectivity index (χ2v) is 5.64. The molecular formula is C19H18N2O6. The topological polar surface area (TPSA) is 99.9 Å². The summed E-state index contributed by atoms with van der Waals surface area (Å²) in [5.74, 6) is -0.108. The number of hydrogen-bond acceptors (Lipinski definition) is 7. The molecule has 0 aliphatic heterocycles. The first-order valence-corrected chi connectivity index (χ1v) is 8.09. The third-order valence-electron chi connectivity index (χ3n) is 3.89. The SMILES string of the molecule is COc1ccc(NC(=O)C(C)OC(=O)c2ccc3ocnc3c2)c(OC)c1. The number of nitrogens with zero attached hydrogens (tertiary/aromatic N) is 1. The Bertz CT molecular complexity index is 981. The number of nitrogens with one attached hydrogen (secondary N) is 1. The van der Waals surface area contributed by atoms with Gasteiger partial charge in [-0.05, 0) is 37.3 Å². The van der Waals surface area contributed by atoms with Crippen molar-refractivity contribution in [1.29, 1.82) is 0 Å². The highest BCUT2D eigenvalue weighted by Gasteiger charge is 2.21. The number of rotatable bonds is 6. The summed E-state index contributed by atoms with van der Waals surface area (Å²) in [5, 5.41) is 2.67. The summed E-state index contributed by atoms with van der Waals surface area (Å²) in [6, 6.07) is 9.67. The van der Waals surface area contributed by atoms with Crippen LogP contribution in [0.5, 0.6) is 11.5 Å². The molecule has 2 aromatic carbocycles. The molecule has 1 unspecified atom stereocenters. The Labute approximate surface area is 155 Å². The molecule has 1 heterocycles. The van der Waals surface area contributed by atoms with Crippen molar-refractivity contribution < 1.29 is 28.2 Å². The highest BCUT2D eigenvalue weighted by atomic mass is 16.5. The van der Waals surface area contributed by atoms with Crippen molar-refractivity contribution in [1.82, 2.24) is 4.98 Å². The quantitative estimate of drug-likeness (QED) is 0.666. The van der Waals surface area contributed by atoms with E-state index < -0.39 is 18.0 Å². The average molecular weight is 370 g/mol. The van der Waals surface area contributed by atoms with Gasteiger partial charge in [-0.3, -0.25) is 4.79 Å². The number of oxazole rings is 1. The van der Waals surface area contributed by atoms with Crippen LogP contribution in [0.25, 0.3) is 11.1 Å². The van der Waals surface area contributed by atoms with Gasteiger partial charge < -0.3 is 23.9 Å². The molecule has 8 heteroatoms. The molecule has 3 aromatic rings. The van der Waals surface area contributed by atoms with Crippen LogP contribution >= 0.6 is 0 Å². The van der Waals surface area contributed by atoms with Crippen molar-refractivity contribution in [3.05, 3.63) is 48.4 Å². The molecule has 0 saturated heterocycles. The van der Waals surface area contributed by atoms with Crippen molar-refractivity contribution >= 4 is 28.7 Å². The van der Waals surface area contributed by atoms with Crippen LogP contribution in [0.15, 0.2) is 47.2 Å². The number of carbonyl (C=O) groups excluding carboxylic acids is 2. The van der Waals surface area contributed by atoms with Gasteiger partial charge in [-0.25, -0.2) is 9.78 Å². The minimum atomic E-state index is -1.02. The predicted octanol–water partition coefficient (Wildman–Crippen LogP) is 3.03. The number of fused-ring (bicyclic) bond motifs is 1. The number of benzene rings is 2. The highest BCUT2D eigenvalue weighted by Crippen LogP contribution is 2.29. The van der Waals surface area contributed by atoms with E-state index in [-0.39, 0.29) is 5.56 Å². The van der Waals surface area contributed by atoms with Gasteiger partial charge in [-0.1, -0.05) is 0 Å². The third kappa shape index (κ3) is 4.00. The molecule has 140 valence electrons. The van der Waals surface area contributed by atoms with E-state index in [4.69, 9.17) is 18.6 Å². The summed E-state index contributed by atoms with van der Waals surface area (Å²) in [6.07, 6.45) is 0.273. The zero-order valence-electron chi connectivity index (χ0n) is 15.0. The van der Waals surface area contributed by atoms with Crippen molar-refractivity contribution in [3.63, 3.8) is 0 Å². The highest BCUT2D eigenvalue weighted by molar-refractivity contribution is 5.99. The number of amides is 1. The summed E-state index contributed by atoms with van der Waals surface area (Å²) in [5.41, 5.74) is 1.81. The number of hydrogen-bond donors (Lipinski definition) is 1. The van der Waals surface area contributed by atoms with Crippen LogP contribution < -0.4 is 14.8 Å². The molecule has 27 heavy (non-hydrogen) atoms. The Morgan fingerprint density at radius 3 is 2.67 bits per heavy atom. The molecule has 1 amide bonds. The van der Waals surface area contributed by atoms with E-state index in [0.717, 1.165) is 0 Å². The summed E-state index contributed by atoms with van der Waals surface area (Å²) >= 11 is 0. The fraction of sp³-hybridized carbons (Fsp3) is 0.211. The number of anilines is 1. The molecule has 0 bridgehead atoms. The lowest BCUT2D eigenvalue weighted by Gasteiger charge is -2.15. The molecule has 3 rings (SSSR count). The van der Waals surface area contributed by atoms with E-state index in [1.165, 1.54) is 33.6 Å². The van der Waals surface area contributed by atoms with Crippen molar-refractivity contribution in [3.8, 4) is 11.5 Å². The van der Waals surface area contributed by atoms with Crippen molar-refractivity contribution in [2.45, 2.75) is 13.0 Å². The van der Waals surface area contributed by atoms with Crippen LogP contribution in [0.2, 0.25) is 0 Å². The van der Waals surface area contributed by atoms with Gasteiger partial charge in [0, 0.05) is 6.07 Å². The molecular weight excluding hydrogens is 352 g/mol. The number of esters is 1. The monoisotopic (exact) mass is 370 g/mol. The molecule has 0 saturated carbocycles. The molecule has 1 atom stereocenters. The fourth-order valence-electron chi connectivity index (χ4n) is 2.40. The molecule has 0 aliphatic carbocycles. The van der Waals surface area contributed by atoms with Gasteiger partial charge in [-0.2, -0.15) is 0 Å². The Kier molecular flexibility index (Phi) is 5.25. The second-order valence-electron chi connectivity index (χ2n) is 5.64. The Balaban J connectivity index is 1.67. The van der Waals surface area contributed by atoms with Gasteiger partial charge >= 0.3 is 5.97 Å². The predicted molar refractivity (Wildman–Crippen MR) is 97.1 cm³/mol. The lowest BCUT2D eigenvalue weighted by Crippen LogP contribution is -2.30. The largest absolute Gasteiger partial charge is 0.497 e. The Hall–Kier alpha value is -3.55. The van der Waals surface area contributed by atoms with Gasteiger partial charge in [0.2, 0.25) is 0 Å². The van der Waals surface area contributed by atoms with Gasteiger partial charge in [0.25, 0.3) is 5.91 Å². The molecule has 1 N–H and O–H groups in total. The lowest BCUT2D eigenvalue weighted by atomic mass is 10.2. The van der Waals surface area contributed by atoms with Crippen LogP contribution in [0.4, 0.5) is 5.69 Å². The van der Waals surface area contributed by atoms with Crippen molar-refractivity contribution in [2.75, 3.05) is 19.5 Å². The molecule has 0 radical (unpaired) electrons. The first kappa shape index (κ1) is 18.2. The molecule has 0 fully saturated rings. The Morgan fingerprint density at radius 2 is 1.93 bits per heavy atom. The zero-order chi connectivity index (χ0) is 19.4. The van der Waals surface area contributed by atoms with E-state index in [2.05, 4.69) is 10.3 Å². The maximum Gasteiger partial charge on any atom is 0.338 e. The first-order chi connectivity index (χ1) is 13.0. The summed E-state index contributed by atoms with van der Waals surface area (Å²) in [7, 11) is 3.01. The molecule has 8 nitrogen and oxygen atoms in total. The van der Waals surface area contributed by atoms with Gasteiger partial charge in [-0.15, -0.1) is 0 Å².